The van der Waals surface area contributed by atoms with E-state index in [4.69, 9.17) is 0 Å². The smallest absolute Gasteiger partial charge is 0.242 e. The van der Waals surface area contributed by atoms with Crippen LogP contribution in [0.4, 0.5) is 4.39 Å². The van der Waals surface area contributed by atoms with Crippen molar-refractivity contribution in [1.82, 2.24) is 10.2 Å². The van der Waals surface area contributed by atoms with Crippen LogP contribution in [0.25, 0.3) is 0 Å². The molecule has 0 saturated heterocycles. The van der Waals surface area contributed by atoms with Gasteiger partial charge in [0.05, 0.1) is 0 Å². The fourth-order valence-corrected chi connectivity index (χ4v) is 3.14. The molecule has 1 unspecified atom stereocenters. The molecule has 2 rings (SSSR count). The molecule has 1 aliphatic carbocycles. The monoisotopic (exact) mass is 334 g/mol. The third-order valence-corrected chi connectivity index (χ3v) is 4.63. The van der Waals surface area contributed by atoms with E-state index in [1.165, 1.54) is 11.0 Å². The molecule has 1 N–H and O–H groups in total. The summed E-state index contributed by atoms with van der Waals surface area (Å²) in [6.07, 6.45) is 5.31. The maximum Gasteiger partial charge on any atom is 0.242 e. The minimum Gasteiger partial charge on any atom is -0.352 e. The van der Waals surface area contributed by atoms with Crippen molar-refractivity contribution in [3.63, 3.8) is 0 Å². The van der Waals surface area contributed by atoms with Crippen LogP contribution in [0, 0.1) is 5.82 Å². The lowest BCUT2D eigenvalue weighted by Crippen LogP contribution is -2.49. The molecule has 24 heavy (non-hydrogen) atoms. The van der Waals surface area contributed by atoms with Crippen LogP contribution in [0.3, 0.4) is 0 Å². The van der Waals surface area contributed by atoms with Crippen molar-refractivity contribution >= 4 is 11.8 Å². The first-order valence-electron chi connectivity index (χ1n) is 8.86. The van der Waals surface area contributed by atoms with Crippen LogP contribution in [0.5, 0.6) is 0 Å². The first-order valence-corrected chi connectivity index (χ1v) is 8.86. The highest BCUT2D eigenvalue weighted by Gasteiger charge is 2.28. The summed E-state index contributed by atoms with van der Waals surface area (Å²) >= 11 is 0. The number of nitrogens with zero attached hydrogens (tertiary/aromatic N) is 1. The van der Waals surface area contributed by atoms with Gasteiger partial charge in [0.2, 0.25) is 11.8 Å². The molecule has 0 heterocycles. The Kier molecular flexibility index (Phi) is 6.76. The molecule has 0 bridgehead atoms. The minimum absolute atomic E-state index is 0.116. The van der Waals surface area contributed by atoms with Crippen LogP contribution in [-0.4, -0.2) is 28.8 Å². The molecule has 1 aromatic carbocycles. The zero-order chi connectivity index (χ0) is 17.5. The number of rotatable bonds is 7. The lowest BCUT2D eigenvalue weighted by Gasteiger charge is -2.29. The predicted octanol–water partition coefficient (Wildman–Crippen LogP) is 3.40. The topological polar surface area (TPSA) is 49.4 Å². The lowest BCUT2D eigenvalue weighted by molar-refractivity contribution is -0.141. The Morgan fingerprint density at radius 1 is 1.29 bits per heavy atom. The Labute approximate surface area is 143 Å². The molecule has 0 radical (unpaired) electrons. The van der Waals surface area contributed by atoms with E-state index in [-0.39, 0.29) is 30.2 Å². The van der Waals surface area contributed by atoms with Gasteiger partial charge in [-0.25, -0.2) is 4.39 Å². The summed E-state index contributed by atoms with van der Waals surface area (Å²) in [4.78, 5) is 26.5. The van der Waals surface area contributed by atoms with Crippen LogP contribution in [-0.2, 0) is 16.1 Å². The number of halogens is 1. The molecule has 2 amide bonds. The molecule has 1 aromatic rings. The van der Waals surface area contributed by atoms with E-state index >= 15 is 0 Å². The number of hydrogen-bond donors (Lipinski definition) is 1. The molecule has 0 spiro atoms. The van der Waals surface area contributed by atoms with Gasteiger partial charge in [0.15, 0.2) is 0 Å². The quantitative estimate of drug-likeness (QED) is 0.831. The van der Waals surface area contributed by atoms with Crippen molar-refractivity contribution in [3.05, 3.63) is 35.6 Å². The number of carbonyl (C=O) groups is 2. The van der Waals surface area contributed by atoms with Gasteiger partial charge < -0.3 is 10.2 Å². The maximum atomic E-state index is 14.0. The van der Waals surface area contributed by atoms with Crippen molar-refractivity contribution in [1.29, 1.82) is 0 Å². The second-order valence-electron chi connectivity index (χ2n) is 6.53. The van der Waals surface area contributed by atoms with E-state index in [0.717, 1.165) is 25.7 Å². The van der Waals surface area contributed by atoms with Crippen molar-refractivity contribution < 1.29 is 14.0 Å². The second kappa shape index (κ2) is 8.81. The van der Waals surface area contributed by atoms with E-state index in [2.05, 4.69) is 5.32 Å². The van der Waals surface area contributed by atoms with Gasteiger partial charge in [-0.05, 0) is 32.3 Å². The Bertz CT molecular complexity index is 570. The summed E-state index contributed by atoms with van der Waals surface area (Å²) in [6.45, 7) is 3.76. The molecular weight excluding hydrogens is 307 g/mol. The molecule has 4 nitrogen and oxygen atoms in total. The molecule has 0 aliphatic heterocycles. The minimum atomic E-state index is -0.607. The molecule has 1 atom stereocenters. The standard InChI is InChI=1S/C19H27FN2O2/c1-3-8-18(23)22(13-15-9-4-7-12-17(15)20)14(2)19(24)21-16-10-5-6-11-16/h4,7,9,12,14,16H,3,5-6,8,10-11,13H2,1-2H3,(H,21,24). The van der Waals surface area contributed by atoms with E-state index in [1.807, 2.05) is 6.92 Å². The summed E-state index contributed by atoms with van der Waals surface area (Å²) in [6, 6.07) is 5.99. The van der Waals surface area contributed by atoms with Gasteiger partial charge >= 0.3 is 0 Å². The predicted molar refractivity (Wildman–Crippen MR) is 91.7 cm³/mol. The molecule has 1 saturated carbocycles. The lowest BCUT2D eigenvalue weighted by atomic mass is 10.1. The highest BCUT2D eigenvalue weighted by Crippen LogP contribution is 2.19. The summed E-state index contributed by atoms with van der Waals surface area (Å²) in [7, 11) is 0. The first-order chi connectivity index (χ1) is 11.5. The van der Waals surface area contributed by atoms with Gasteiger partial charge in [-0.1, -0.05) is 38.0 Å². The number of nitrogens with one attached hydrogen (secondary N) is 1. The van der Waals surface area contributed by atoms with Crippen LogP contribution >= 0.6 is 0 Å². The Balaban J connectivity index is 2.10. The normalized spacial score (nSPS) is 16.0. The molecule has 132 valence electrons. The maximum absolute atomic E-state index is 14.0. The third kappa shape index (κ3) is 4.79. The van der Waals surface area contributed by atoms with Crippen molar-refractivity contribution in [2.24, 2.45) is 0 Å². The van der Waals surface area contributed by atoms with Crippen molar-refractivity contribution in [2.75, 3.05) is 0 Å². The van der Waals surface area contributed by atoms with Gasteiger partial charge in [0.1, 0.15) is 11.9 Å². The second-order valence-corrected chi connectivity index (χ2v) is 6.53. The fourth-order valence-electron chi connectivity index (χ4n) is 3.14. The summed E-state index contributed by atoms with van der Waals surface area (Å²) in [5.74, 6) is -0.618. The molecule has 5 heteroatoms. The SMILES string of the molecule is CCCC(=O)N(Cc1ccccc1F)C(C)C(=O)NC1CCCC1. The number of amides is 2. The highest BCUT2D eigenvalue weighted by molar-refractivity contribution is 5.87. The van der Waals surface area contributed by atoms with Gasteiger partial charge in [0, 0.05) is 24.6 Å². The van der Waals surface area contributed by atoms with Gasteiger partial charge in [0.25, 0.3) is 0 Å². The molecule has 0 aromatic heterocycles. The van der Waals surface area contributed by atoms with Crippen molar-refractivity contribution in [2.45, 2.75) is 71.0 Å². The van der Waals surface area contributed by atoms with Crippen LogP contribution in [0.2, 0.25) is 0 Å². The summed E-state index contributed by atoms with van der Waals surface area (Å²) < 4.78 is 14.0. The summed E-state index contributed by atoms with van der Waals surface area (Å²) in [5.41, 5.74) is 0.433. The highest BCUT2D eigenvalue weighted by atomic mass is 19.1. The zero-order valence-corrected chi connectivity index (χ0v) is 14.6. The van der Waals surface area contributed by atoms with Gasteiger partial charge in [-0.3, -0.25) is 9.59 Å². The van der Waals surface area contributed by atoms with Crippen LogP contribution in [0.15, 0.2) is 24.3 Å². The zero-order valence-electron chi connectivity index (χ0n) is 14.6. The molecule has 1 fully saturated rings. The molecule has 1 aliphatic rings. The first kappa shape index (κ1) is 18.4. The Morgan fingerprint density at radius 2 is 1.96 bits per heavy atom. The van der Waals surface area contributed by atoms with Gasteiger partial charge in [-0.2, -0.15) is 0 Å². The number of hydrogen-bond acceptors (Lipinski definition) is 2. The molecular formula is C19H27FN2O2. The van der Waals surface area contributed by atoms with Gasteiger partial charge in [-0.15, -0.1) is 0 Å². The average molecular weight is 334 g/mol. The Hall–Kier alpha value is -1.91. The van der Waals surface area contributed by atoms with Crippen LogP contribution in [0.1, 0.15) is 57.9 Å². The third-order valence-electron chi connectivity index (χ3n) is 4.63. The largest absolute Gasteiger partial charge is 0.352 e. The Morgan fingerprint density at radius 3 is 2.58 bits per heavy atom. The van der Waals surface area contributed by atoms with Crippen molar-refractivity contribution in [3.8, 4) is 0 Å². The average Bonchev–Trinajstić information content (AvgIpc) is 3.06. The fraction of sp³-hybridized carbons (Fsp3) is 0.579. The number of benzene rings is 1. The summed E-state index contributed by atoms with van der Waals surface area (Å²) in [5, 5.41) is 3.03. The van der Waals surface area contributed by atoms with E-state index in [9.17, 15) is 14.0 Å². The van der Waals surface area contributed by atoms with E-state index in [1.54, 1.807) is 25.1 Å². The van der Waals surface area contributed by atoms with E-state index < -0.39 is 6.04 Å². The van der Waals surface area contributed by atoms with Crippen LogP contribution < -0.4 is 5.32 Å². The number of carbonyl (C=O) groups excluding carboxylic acids is 2. The van der Waals surface area contributed by atoms with E-state index in [0.29, 0.717) is 18.4 Å².